The van der Waals surface area contributed by atoms with Crippen LogP contribution in [0.15, 0.2) is 240 Å². The van der Waals surface area contributed by atoms with Gasteiger partial charge in [-0.2, -0.15) is 0 Å². The Morgan fingerprint density at radius 1 is 0.339 bits per heavy atom. The number of ether oxygens (including phenoxy) is 1. The second-order valence-electron chi connectivity index (χ2n) is 14.9. The molecule has 0 bridgehead atoms. The van der Waals surface area contributed by atoms with Crippen LogP contribution in [0.5, 0.6) is 11.5 Å². The summed E-state index contributed by atoms with van der Waals surface area (Å²) in [5, 5.41) is 5.38. The van der Waals surface area contributed by atoms with Crippen LogP contribution in [-0.2, 0) is 0 Å². The number of hydrogen-bond donors (Lipinski definition) is 0. The van der Waals surface area contributed by atoms with Gasteiger partial charge in [0.2, 0.25) is 0 Å². The molecule has 0 spiro atoms. The molecule has 0 saturated heterocycles. The van der Waals surface area contributed by atoms with E-state index in [0.717, 1.165) is 55.4 Å². The predicted molar refractivity (Wildman–Crippen MR) is 249 cm³/mol. The van der Waals surface area contributed by atoms with Gasteiger partial charge in [0.25, 0.3) is 0 Å². The zero-order valence-corrected chi connectivity index (χ0v) is 34.0. The maximum absolute atomic E-state index is 6.93. The van der Waals surface area contributed by atoms with E-state index in [1.54, 1.807) is 11.8 Å². The molecular weight excluding hydrogens is 753 g/mol. The lowest BCUT2D eigenvalue weighted by Crippen LogP contribution is -2.72. The standard InChI is InChI=1S/C54H38N2OSSi/c1-5-17-39(18-6-1)55(40-19-7-2-8-20-40)43-29-33-45(34-30-43)59(46-35-31-44(32-36-46)56(41-21-9-3-10-22-41)42-23-11-4-12-24-42)51-28-16-13-25-47(51)53-52(59)38-37-50-54(53)57-48-26-14-15-27-49(48)58-50/h1-38H. The summed E-state index contributed by atoms with van der Waals surface area (Å²) in [5.74, 6) is 1.87. The van der Waals surface area contributed by atoms with E-state index >= 15 is 0 Å². The first-order valence-electron chi connectivity index (χ1n) is 20.0. The average Bonchev–Trinajstić information content (AvgIpc) is 3.62. The van der Waals surface area contributed by atoms with Gasteiger partial charge in [-0.15, -0.1) is 0 Å². The van der Waals surface area contributed by atoms with Crippen molar-refractivity contribution in [3.8, 4) is 22.6 Å². The van der Waals surface area contributed by atoms with Crippen LogP contribution in [-0.4, -0.2) is 8.07 Å². The van der Waals surface area contributed by atoms with Crippen molar-refractivity contribution in [1.29, 1.82) is 0 Å². The average molecular weight is 791 g/mol. The Morgan fingerprint density at radius 2 is 0.763 bits per heavy atom. The van der Waals surface area contributed by atoms with Gasteiger partial charge in [0.1, 0.15) is 11.5 Å². The molecule has 0 atom stereocenters. The monoisotopic (exact) mass is 790 g/mol. The van der Waals surface area contributed by atoms with Crippen molar-refractivity contribution in [2.24, 2.45) is 0 Å². The molecule has 9 aromatic rings. The Balaban J connectivity index is 1.12. The van der Waals surface area contributed by atoms with E-state index in [-0.39, 0.29) is 0 Å². The van der Waals surface area contributed by atoms with Crippen molar-refractivity contribution in [2.75, 3.05) is 9.80 Å². The maximum atomic E-state index is 6.93. The molecule has 280 valence electrons. The Bertz CT molecular complexity index is 2720. The molecule has 0 radical (unpaired) electrons. The van der Waals surface area contributed by atoms with Crippen LogP contribution in [0, 0.1) is 0 Å². The maximum Gasteiger partial charge on any atom is 0.181 e. The SMILES string of the molecule is c1ccc(N(c2ccccc2)c2ccc([Si]3(c4ccc(N(c5ccccc5)c5ccccc5)cc4)c4ccccc4-c4c3ccc3c4Oc4ccccc4S3)cc2)cc1. The summed E-state index contributed by atoms with van der Waals surface area (Å²) in [6, 6.07) is 83.5. The molecule has 0 aromatic heterocycles. The molecule has 0 N–H and O–H groups in total. The van der Waals surface area contributed by atoms with E-state index in [0.29, 0.717) is 0 Å². The molecular formula is C54H38N2OSSi. The smallest absolute Gasteiger partial charge is 0.181 e. The quantitative estimate of drug-likeness (QED) is 0.142. The van der Waals surface area contributed by atoms with Crippen LogP contribution in [0.2, 0.25) is 0 Å². The van der Waals surface area contributed by atoms with Gasteiger partial charge < -0.3 is 14.5 Å². The highest BCUT2D eigenvalue weighted by Gasteiger charge is 2.50. The van der Waals surface area contributed by atoms with Gasteiger partial charge in [-0.05, 0) is 117 Å². The van der Waals surface area contributed by atoms with E-state index in [1.807, 2.05) is 0 Å². The third kappa shape index (κ3) is 5.89. The highest BCUT2D eigenvalue weighted by molar-refractivity contribution is 7.99. The summed E-state index contributed by atoms with van der Waals surface area (Å²) < 4.78 is 6.93. The van der Waals surface area contributed by atoms with E-state index < -0.39 is 8.07 Å². The summed E-state index contributed by atoms with van der Waals surface area (Å²) in [4.78, 5) is 6.97. The highest BCUT2D eigenvalue weighted by atomic mass is 32.2. The molecule has 59 heavy (non-hydrogen) atoms. The van der Waals surface area contributed by atoms with E-state index in [9.17, 15) is 0 Å². The summed E-state index contributed by atoms with van der Waals surface area (Å²) in [6.07, 6.45) is 0. The molecule has 0 amide bonds. The van der Waals surface area contributed by atoms with Crippen molar-refractivity contribution in [1.82, 2.24) is 0 Å². The lowest BCUT2D eigenvalue weighted by molar-refractivity contribution is 0.457. The number of rotatable bonds is 8. The van der Waals surface area contributed by atoms with Crippen LogP contribution in [0.1, 0.15) is 0 Å². The molecule has 0 unspecified atom stereocenters. The van der Waals surface area contributed by atoms with E-state index in [1.165, 1.54) is 31.9 Å². The van der Waals surface area contributed by atoms with Crippen LogP contribution >= 0.6 is 11.8 Å². The largest absolute Gasteiger partial charge is 0.454 e. The normalized spacial score (nSPS) is 12.9. The first-order valence-corrected chi connectivity index (χ1v) is 22.8. The molecule has 0 aliphatic carbocycles. The molecule has 2 heterocycles. The predicted octanol–water partition coefficient (Wildman–Crippen LogP) is 12.2. The minimum absolute atomic E-state index is 0.910. The Labute approximate surface area is 350 Å². The third-order valence-corrected chi connectivity index (χ3v) is 17.5. The van der Waals surface area contributed by atoms with E-state index in [4.69, 9.17) is 4.74 Å². The van der Waals surface area contributed by atoms with Gasteiger partial charge in [0.15, 0.2) is 8.07 Å². The fourth-order valence-corrected chi connectivity index (χ4v) is 15.1. The highest BCUT2D eigenvalue weighted by Crippen LogP contribution is 2.51. The number of nitrogens with zero attached hydrogens (tertiary/aromatic N) is 2. The van der Waals surface area contributed by atoms with Crippen LogP contribution in [0.3, 0.4) is 0 Å². The second kappa shape index (κ2) is 14.7. The van der Waals surface area contributed by atoms with E-state index in [2.05, 4.69) is 240 Å². The summed E-state index contributed by atoms with van der Waals surface area (Å²) >= 11 is 1.80. The fourth-order valence-electron chi connectivity index (χ4n) is 9.06. The Kier molecular flexibility index (Phi) is 8.76. The molecule has 3 nitrogen and oxygen atoms in total. The molecule has 0 fully saturated rings. The lowest BCUT2D eigenvalue weighted by atomic mass is 10.0. The third-order valence-electron chi connectivity index (χ3n) is 11.6. The van der Waals surface area contributed by atoms with Gasteiger partial charge in [0.05, 0.1) is 9.79 Å². The number of anilines is 6. The second-order valence-corrected chi connectivity index (χ2v) is 19.7. The minimum Gasteiger partial charge on any atom is -0.454 e. The van der Waals surface area contributed by atoms with Crippen LogP contribution in [0.4, 0.5) is 34.1 Å². The van der Waals surface area contributed by atoms with Gasteiger partial charge >= 0.3 is 0 Å². The van der Waals surface area contributed by atoms with Gasteiger partial charge in [0, 0.05) is 39.7 Å². The first kappa shape index (κ1) is 35.1. The Hall–Kier alpha value is -7.05. The zero-order chi connectivity index (χ0) is 39.2. The zero-order valence-electron chi connectivity index (χ0n) is 32.2. The number of benzene rings is 9. The molecule has 2 aliphatic rings. The minimum atomic E-state index is -2.94. The molecule has 2 aliphatic heterocycles. The molecule has 11 rings (SSSR count). The van der Waals surface area contributed by atoms with Crippen molar-refractivity contribution < 1.29 is 4.74 Å². The van der Waals surface area contributed by atoms with Gasteiger partial charge in [-0.25, -0.2) is 0 Å². The van der Waals surface area contributed by atoms with Crippen molar-refractivity contribution >= 4 is 74.7 Å². The topological polar surface area (TPSA) is 15.7 Å². The number of para-hydroxylation sites is 5. The van der Waals surface area contributed by atoms with Crippen molar-refractivity contribution in [3.63, 3.8) is 0 Å². The van der Waals surface area contributed by atoms with Crippen LogP contribution in [0.25, 0.3) is 11.1 Å². The van der Waals surface area contributed by atoms with Crippen molar-refractivity contribution in [3.05, 3.63) is 231 Å². The molecule has 5 heteroatoms. The number of hydrogen-bond acceptors (Lipinski definition) is 4. The van der Waals surface area contributed by atoms with Gasteiger partial charge in [-0.1, -0.05) is 151 Å². The fraction of sp³-hybridized carbons (Fsp3) is 0. The van der Waals surface area contributed by atoms with Crippen LogP contribution < -0.4 is 35.3 Å². The first-order chi connectivity index (χ1) is 29.3. The lowest BCUT2D eigenvalue weighted by Gasteiger charge is -2.33. The summed E-state index contributed by atoms with van der Waals surface area (Å²) in [7, 11) is -2.94. The molecule has 9 aromatic carbocycles. The van der Waals surface area contributed by atoms with Crippen molar-refractivity contribution in [2.45, 2.75) is 9.79 Å². The number of fused-ring (bicyclic) bond motifs is 6. The summed E-state index contributed by atoms with van der Waals surface area (Å²) in [6.45, 7) is 0. The molecule has 0 saturated carbocycles. The van der Waals surface area contributed by atoms with Gasteiger partial charge in [-0.3, -0.25) is 0 Å². The Morgan fingerprint density at radius 3 is 1.27 bits per heavy atom. The summed E-state index contributed by atoms with van der Waals surface area (Å²) in [5.41, 5.74) is 9.17.